The van der Waals surface area contributed by atoms with Gasteiger partial charge in [0.25, 0.3) is 0 Å². The summed E-state index contributed by atoms with van der Waals surface area (Å²) < 4.78 is 71.3. The van der Waals surface area contributed by atoms with Crippen LogP contribution in [0.3, 0.4) is 0 Å². The van der Waals surface area contributed by atoms with Crippen LogP contribution in [-0.4, -0.2) is 64.0 Å². The molecule has 0 aliphatic carbocycles. The van der Waals surface area contributed by atoms with E-state index in [1.54, 1.807) is 19.1 Å². The number of ether oxygens (including phenoxy) is 3. The van der Waals surface area contributed by atoms with Crippen molar-refractivity contribution in [2.45, 2.75) is 56.6 Å². The molecule has 1 unspecified atom stereocenters. The summed E-state index contributed by atoms with van der Waals surface area (Å²) in [5.74, 6) is -4.06. The number of sulfonamides is 1. The highest BCUT2D eigenvalue weighted by Gasteiger charge is 2.23. The number of rotatable bonds is 18. The first kappa shape index (κ1) is 38.1. The lowest BCUT2D eigenvalue weighted by Gasteiger charge is -2.19. The minimum atomic E-state index is -4.26. The Bertz CT molecular complexity index is 1700. The van der Waals surface area contributed by atoms with Gasteiger partial charge in [0.2, 0.25) is 10.0 Å². The average molecular weight is 714 g/mol. The van der Waals surface area contributed by atoms with E-state index < -0.39 is 62.3 Å². The van der Waals surface area contributed by atoms with E-state index in [1.807, 2.05) is 0 Å². The van der Waals surface area contributed by atoms with Gasteiger partial charge in [-0.1, -0.05) is 11.6 Å². The Morgan fingerprint density at radius 2 is 1.60 bits per heavy atom. The summed E-state index contributed by atoms with van der Waals surface area (Å²) in [5, 5.41) is 10.8. The lowest BCUT2D eigenvalue weighted by Crippen LogP contribution is -2.42. The number of ketones is 1. The minimum Gasteiger partial charge on any atom is -0.467 e. The molecule has 0 fully saturated rings. The van der Waals surface area contributed by atoms with Crippen LogP contribution in [-0.2, 0) is 40.4 Å². The maximum atomic E-state index is 13.4. The van der Waals surface area contributed by atoms with Crippen molar-refractivity contribution in [1.29, 1.82) is 0 Å². The van der Waals surface area contributed by atoms with Gasteiger partial charge in [-0.2, -0.15) is 0 Å². The standard InChI is InChI=1S/C31H34ClF2N3O10S/c1-18(37-19(2)30(40)20-11-21(33)13-22(34)12-20)17-47-29(39)7-6-28(38)45-9-4-10-46-31(41)24-14-27(48(35,42)43)25(32)15-26(24)36-16-23-5-3-8-44-23/h3,5,8,11-15,18-19,36-37H,4,6-7,9-10,16-17H2,1-2H3,(H2,35,42,43)/t18-,19?/m1/s1. The van der Waals surface area contributed by atoms with Crippen molar-refractivity contribution in [2.75, 3.05) is 25.1 Å². The molecule has 0 spiro atoms. The number of nitrogens with two attached hydrogens (primary N) is 1. The van der Waals surface area contributed by atoms with Crippen molar-refractivity contribution >= 4 is 51.0 Å². The fourth-order valence-corrected chi connectivity index (χ4v) is 5.33. The van der Waals surface area contributed by atoms with Crippen molar-refractivity contribution in [2.24, 2.45) is 5.14 Å². The zero-order valence-corrected chi connectivity index (χ0v) is 27.5. The Hall–Kier alpha value is -4.38. The highest BCUT2D eigenvalue weighted by Crippen LogP contribution is 2.29. The summed E-state index contributed by atoms with van der Waals surface area (Å²) in [6, 6.07) is 6.76. The monoisotopic (exact) mass is 713 g/mol. The fourth-order valence-electron chi connectivity index (χ4n) is 4.23. The van der Waals surface area contributed by atoms with Gasteiger partial charge in [0.1, 0.15) is 28.9 Å². The summed E-state index contributed by atoms with van der Waals surface area (Å²) >= 11 is 6.07. The zero-order chi connectivity index (χ0) is 35.4. The average Bonchev–Trinajstić information content (AvgIpc) is 3.54. The first-order valence-corrected chi connectivity index (χ1v) is 16.4. The Morgan fingerprint density at radius 3 is 2.23 bits per heavy atom. The number of esters is 3. The van der Waals surface area contributed by atoms with Crippen LogP contribution in [0.15, 0.2) is 58.0 Å². The molecular formula is C31H34ClF2N3O10S. The number of nitrogens with one attached hydrogen (secondary N) is 2. The van der Waals surface area contributed by atoms with E-state index in [-0.39, 0.29) is 67.5 Å². The Kier molecular flexibility index (Phi) is 14.0. The summed E-state index contributed by atoms with van der Waals surface area (Å²) in [7, 11) is -4.26. The number of carbonyl (C=O) groups excluding carboxylic acids is 4. The van der Waals surface area contributed by atoms with E-state index in [9.17, 15) is 36.4 Å². The van der Waals surface area contributed by atoms with Crippen LogP contribution in [0.1, 0.15) is 59.6 Å². The maximum Gasteiger partial charge on any atom is 0.340 e. The van der Waals surface area contributed by atoms with Gasteiger partial charge in [0.15, 0.2) is 5.78 Å². The Labute approximate surface area is 280 Å². The third-order valence-electron chi connectivity index (χ3n) is 6.52. The molecule has 0 aliphatic rings. The summed E-state index contributed by atoms with van der Waals surface area (Å²) in [5.41, 5.74) is -0.129. The van der Waals surface area contributed by atoms with Gasteiger partial charge >= 0.3 is 17.9 Å². The lowest BCUT2D eigenvalue weighted by atomic mass is 10.0. The van der Waals surface area contributed by atoms with Crippen molar-refractivity contribution in [3.8, 4) is 0 Å². The molecule has 0 amide bonds. The largest absolute Gasteiger partial charge is 0.467 e. The van der Waals surface area contributed by atoms with E-state index in [0.717, 1.165) is 18.2 Å². The van der Waals surface area contributed by atoms with Gasteiger partial charge in [-0.3, -0.25) is 14.4 Å². The molecule has 13 nitrogen and oxygen atoms in total. The summed E-state index contributed by atoms with van der Waals surface area (Å²) in [4.78, 5) is 48.9. The Morgan fingerprint density at radius 1 is 0.958 bits per heavy atom. The number of anilines is 1. The van der Waals surface area contributed by atoms with E-state index in [0.29, 0.717) is 11.8 Å². The SMILES string of the molecule is CC(N[C@H](C)COC(=O)CCC(=O)OCCCOC(=O)c1cc(S(N)(=O)=O)c(Cl)cc1NCc1ccco1)C(=O)c1cc(F)cc(F)c1. The smallest absolute Gasteiger partial charge is 0.340 e. The number of halogens is 3. The van der Waals surface area contributed by atoms with Crippen LogP contribution in [0.4, 0.5) is 14.5 Å². The van der Waals surface area contributed by atoms with Gasteiger partial charge in [0, 0.05) is 24.1 Å². The lowest BCUT2D eigenvalue weighted by molar-refractivity contribution is -0.150. The van der Waals surface area contributed by atoms with Gasteiger partial charge in [0.05, 0.1) is 61.2 Å². The number of hydrogen-bond acceptors (Lipinski definition) is 12. The van der Waals surface area contributed by atoms with Gasteiger partial charge in [-0.15, -0.1) is 0 Å². The van der Waals surface area contributed by atoms with Gasteiger partial charge in [-0.05, 0) is 50.2 Å². The maximum absolute atomic E-state index is 13.4. The molecule has 260 valence electrons. The van der Waals surface area contributed by atoms with Crippen molar-refractivity contribution < 1.29 is 55.0 Å². The van der Waals surface area contributed by atoms with Crippen LogP contribution >= 0.6 is 11.6 Å². The molecule has 0 saturated carbocycles. The van der Waals surface area contributed by atoms with Crippen LogP contribution in [0.5, 0.6) is 0 Å². The molecule has 3 aromatic rings. The fraction of sp³-hybridized carbons (Fsp3) is 0.355. The number of Topliss-reactive ketones (excluding diaryl/α,β-unsaturated/α-hetero) is 1. The molecule has 4 N–H and O–H groups in total. The van der Waals surface area contributed by atoms with E-state index in [1.165, 1.54) is 19.3 Å². The molecule has 1 aromatic heterocycles. The van der Waals surface area contributed by atoms with Crippen LogP contribution in [0, 0.1) is 11.6 Å². The third-order valence-corrected chi connectivity index (χ3v) is 7.89. The molecule has 1 heterocycles. The highest BCUT2D eigenvalue weighted by molar-refractivity contribution is 7.89. The molecule has 2 atom stereocenters. The number of primary sulfonamides is 1. The number of hydrogen-bond donors (Lipinski definition) is 3. The van der Waals surface area contributed by atoms with E-state index in [4.69, 9.17) is 35.4 Å². The zero-order valence-electron chi connectivity index (χ0n) is 25.9. The van der Waals surface area contributed by atoms with E-state index >= 15 is 0 Å². The number of furan rings is 1. The molecular weight excluding hydrogens is 680 g/mol. The molecule has 48 heavy (non-hydrogen) atoms. The summed E-state index contributed by atoms with van der Waals surface area (Å²) in [6.07, 6.45) is 0.982. The molecule has 0 aliphatic heterocycles. The molecule has 0 radical (unpaired) electrons. The quantitative estimate of drug-likeness (QED) is 0.0740. The van der Waals surface area contributed by atoms with Crippen molar-refractivity contribution in [3.05, 3.63) is 82.3 Å². The van der Waals surface area contributed by atoms with Gasteiger partial charge in [-0.25, -0.2) is 27.1 Å². The second kappa shape index (κ2) is 17.7. The van der Waals surface area contributed by atoms with Gasteiger partial charge < -0.3 is 29.3 Å². The topological polar surface area (TPSA) is 193 Å². The first-order valence-electron chi connectivity index (χ1n) is 14.5. The predicted molar refractivity (Wildman–Crippen MR) is 168 cm³/mol. The third kappa shape index (κ3) is 12.0. The molecule has 0 saturated heterocycles. The molecule has 2 aromatic carbocycles. The second-order valence-corrected chi connectivity index (χ2v) is 12.4. The molecule has 17 heteroatoms. The predicted octanol–water partition coefficient (Wildman–Crippen LogP) is 4.13. The van der Waals surface area contributed by atoms with Crippen LogP contribution in [0.25, 0.3) is 0 Å². The number of benzene rings is 2. The van der Waals surface area contributed by atoms with Crippen LogP contribution in [0.2, 0.25) is 5.02 Å². The number of carbonyl (C=O) groups is 4. The molecule has 3 rings (SSSR count). The summed E-state index contributed by atoms with van der Waals surface area (Å²) in [6.45, 7) is 2.81. The highest BCUT2D eigenvalue weighted by atomic mass is 35.5. The first-order chi connectivity index (χ1) is 22.6. The Balaban J connectivity index is 1.37. The van der Waals surface area contributed by atoms with Crippen molar-refractivity contribution in [1.82, 2.24) is 5.32 Å². The van der Waals surface area contributed by atoms with E-state index in [2.05, 4.69) is 10.6 Å². The second-order valence-electron chi connectivity index (χ2n) is 10.5. The molecule has 0 bridgehead atoms. The normalized spacial score (nSPS) is 12.5. The van der Waals surface area contributed by atoms with Crippen LogP contribution < -0.4 is 15.8 Å². The van der Waals surface area contributed by atoms with Crippen molar-refractivity contribution in [3.63, 3.8) is 0 Å². The minimum absolute atomic E-state index is 0.0923.